The first kappa shape index (κ1) is 22.6. The Bertz CT molecular complexity index is 1320. The van der Waals surface area contributed by atoms with Gasteiger partial charge in [-0.2, -0.15) is 10.2 Å². The molecule has 3 aromatic heterocycles. The van der Waals surface area contributed by atoms with Crippen molar-refractivity contribution in [2.45, 2.75) is 19.6 Å². The number of ether oxygens (including phenoxy) is 1. The second-order valence-corrected chi connectivity index (χ2v) is 9.29. The number of carbonyl (C=O) groups is 1. The Morgan fingerprint density at radius 2 is 2.09 bits per heavy atom. The zero-order valence-corrected chi connectivity index (χ0v) is 20.0. The largest absolute Gasteiger partial charge is 0.489 e. The van der Waals surface area contributed by atoms with E-state index in [1.165, 1.54) is 12.4 Å². The summed E-state index contributed by atoms with van der Waals surface area (Å²) in [7, 11) is 2.13. The molecule has 0 radical (unpaired) electrons. The van der Waals surface area contributed by atoms with Crippen LogP contribution in [0.25, 0.3) is 10.9 Å². The summed E-state index contributed by atoms with van der Waals surface area (Å²) in [5, 5.41) is 15.9. The molecule has 1 atom stereocenters. The number of hydrogen-bond donors (Lipinski definition) is 2. The lowest BCUT2D eigenvalue weighted by atomic mass is 10.1. The van der Waals surface area contributed by atoms with Crippen LogP contribution in [0.15, 0.2) is 43.0 Å². The number of amides is 1. The van der Waals surface area contributed by atoms with Gasteiger partial charge in [-0.3, -0.25) is 19.6 Å². The van der Waals surface area contributed by atoms with Gasteiger partial charge >= 0.3 is 0 Å². The Morgan fingerprint density at radius 3 is 2.85 bits per heavy atom. The van der Waals surface area contributed by atoms with Crippen molar-refractivity contribution in [3.8, 4) is 5.75 Å². The lowest BCUT2D eigenvalue weighted by Gasteiger charge is -2.10. The van der Waals surface area contributed by atoms with E-state index < -0.39 is 0 Å². The van der Waals surface area contributed by atoms with Gasteiger partial charge in [-0.05, 0) is 44.1 Å². The molecule has 11 heteroatoms. The maximum atomic E-state index is 12.9. The van der Waals surface area contributed by atoms with Crippen molar-refractivity contribution in [1.29, 1.82) is 0 Å². The number of carbonyl (C=O) groups excluding carboxylic acids is 1. The second kappa shape index (κ2) is 9.61. The normalized spacial score (nSPS) is 16.3. The fourth-order valence-corrected chi connectivity index (χ4v) is 4.62. The van der Waals surface area contributed by atoms with Gasteiger partial charge in [0.15, 0.2) is 5.69 Å². The summed E-state index contributed by atoms with van der Waals surface area (Å²) in [6.45, 7) is 3.17. The van der Waals surface area contributed by atoms with Gasteiger partial charge in [0, 0.05) is 42.6 Å². The van der Waals surface area contributed by atoms with E-state index in [0.29, 0.717) is 38.3 Å². The minimum atomic E-state index is -0.330. The summed E-state index contributed by atoms with van der Waals surface area (Å²) in [6.07, 6.45) is 7.69. The maximum absolute atomic E-state index is 12.9. The van der Waals surface area contributed by atoms with E-state index in [1.807, 2.05) is 10.9 Å². The van der Waals surface area contributed by atoms with Crippen molar-refractivity contribution in [1.82, 2.24) is 29.9 Å². The molecule has 1 amide bonds. The molecule has 5 rings (SSSR count). The van der Waals surface area contributed by atoms with Crippen molar-refractivity contribution in [3.63, 3.8) is 0 Å². The molecule has 34 heavy (non-hydrogen) atoms. The van der Waals surface area contributed by atoms with E-state index in [0.717, 1.165) is 31.6 Å². The molecule has 1 aliphatic rings. The number of aromatic nitrogens is 5. The highest BCUT2D eigenvalue weighted by atomic mass is 35.5. The number of benzene rings is 1. The van der Waals surface area contributed by atoms with Crippen LogP contribution in [0, 0.1) is 5.92 Å². The van der Waals surface area contributed by atoms with E-state index >= 15 is 0 Å². The SMILES string of the molecule is CN1CCC(Cn2cc(NC(=O)c3n[nH]c4ccc(OCc5c(Cl)cncc5Cl)cc34)cn2)C1. The van der Waals surface area contributed by atoms with Crippen LogP contribution >= 0.6 is 23.2 Å². The molecule has 4 heterocycles. The van der Waals surface area contributed by atoms with Gasteiger partial charge < -0.3 is 15.0 Å². The van der Waals surface area contributed by atoms with E-state index in [2.05, 4.69) is 37.5 Å². The van der Waals surface area contributed by atoms with Crippen molar-refractivity contribution in [2.24, 2.45) is 5.92 Å². The highest BCUT2D eigenvalue weighted by molar-refractivity contribution is 6.35. The van der Waals surface area contributed by atoms with Crippen molar-refractivity contribution in [3.05, 3.63) is 64.3 Å². The third-order valence-corrected chi connectivity index (χ3v) is 6.56. The molecule has 2 N–H and O–H groups in total. The second-order valence-electron chi connectivity index (χ2n) is 8.47. The minimum absolute atomic E-state index is 0.168. The molecule has 1 saturated heterocycles. The molecule has 176 valence electrons. The number of anilines is 1. The maximum Gasteiger partial charge on any atom is 0.276 e. The number of halogens is 2. The van der Waals surface area contributed by atoms with E-state index in [1.54, 1.807) is 24.4 Å². The fourth-order valence-electron chi connectivity index (χ4n) is 4.15. The summed E-state index contributed by atoms with van der Waals surface area (Å²) < 4.78 is 7.75. The molecule has 0 spiro atoms. The Balaban J connectivity index is 1.27. The molecule has 4 aromatic rings. The Kier molecular flexibility index (Phi) is 6.40. The number of rotatable bonds is 7. The molecule has 0 bridgehead atoms. The first-order valence-electron chi connectivity index (χ1n) is 10.9. The average Bonchev–Trinajstić information content (AvgIpc) is 3.53. The van der Waals surface area contributed by atoms with Crippen LogP contribution < -0.4 is 10.1 Å². The first-order chi connectivity index (χ1) is 16.5. The van der Waals surface area contributed by atoms with Crippen LogP contribution in [-0.4, -0.2) is 55.9 Å². The Hall–Kier alpha value is -3.14. The molecule has 1 aliphatic heterocycles. The summed E-state index contributed by atoms with van der Waals surface area (Å²) in [6, 6.07) is 5.35. The molecule has 1 fully saturated rings. The summed E-state index contributed by atoms with van der Waals surface area (Å²) in [5.74, 6) is 0.795. The number of hydrogen-bond acceptors (Lipinski definition) is 6. The Morgan fingerprint density at radius 1 is 1.26 bits per heavy atom. The number of nitrogens with one attached hydrogen (secondary N) is 2. The van der Waals surface area contributed by atoms with E-state index in [4.69, 9.17) is 27.9 Å². The minimum Gasteiger partial charge on any atom is -0.489 e. The average molecular weight is 500 g/mol. The number of nitrogens with zero attached hydrogens (tertiary/aromatic N) is 5. The first-order valence-corrected chi connectivity index (χ1v) is 11.6. The molecular weight excluding hydrogens is 477 g/mol. The highest BCUT2D eigenvalue weighted by Crippen LogP contribution is 2.27. The van der Waals surface area contributed by atoms with E-state index in [-0.39, 0.29) is 18.2 Å². The van der Waals surface area contributed by atoms with Gasteiger partial charge in [-0.25, -0.2) is 0 Å². The van der Waals surface area contributed by atoms with E-state index in [9.17, 15) is 4.79 Å². The van der Waals surface area contributed by atoms with Crippen LogP contribution in [-0.2, 0) is 13.2 Å². The predicted octanol–water partition coefficient (Wildman–Crippen LogP) is 4.24. The van der Waals surface area contributed by atoms with Gasteiger partial charge in [-0.15, -0.1) is 0 Å². The predicted molar refractivity (Wildman–Crippen MR) is 130 cm³/mol. The molecule has 0 aliphatic carbocycles. The molecular formula is C23H23Cl2N7O2. The highest BCUT2D eigenvalue weighted by Gasteiger charge is 2.21. The number of pyridine rings is 1. The summed E-state index contributed by atoms with van der Waals surface area (Å²) in [5.41, 5.74) is 2.26. The lowest BCUT2D eigenvalue weighted by Crippen LogP contribution is -2.17. The third-order valence-electron chi connectivity index (χ3n) is 5.91. The van der Waals surface area contributed by atoms with Gasteiger partial charge in [0.25, 0.3) is 5.91 Å². The standard InChI is InChI=1S/C23H23Cl2N7O2/c1-31-5-4-14(10-31)11-32-12-15(7-27-32)28-23(33)22-17-6-16(2-3-21(17)29-30-22)34-13-18-19(24)8-26-9-20(18)25/h2-3,6-9,12,14H,4-5,10-11,13H2,1H3,(H,28,33)(H,29,30). The van der Waals surface area contributed by atoms with Crippen LogP contribution in [0.2, 0.25) is 10.0 Å². The fraction of sp³-hybridized carbons (Fsp3) is 0.304. The topological polar surface area (TPSA) is 101 Å². The molecule has 1 unspecified atom stereocenters. The zero-order chi connectivity index (χ0) is 23.7. The molecule has 1 aromatic carbocycles. The van der Waals surface area contributed by atoms with Crippen molar-refractivity contribution in [2.75, 3.05) is 25.5 Å². The molecule has 0 saturated carbocycles. The third kappa shape index (κ3) is 4.86. The summed E-state index contributed by atoms with van der Waals surface area (Å²) in [4.78, 5) is 19.2. The van der Waals surface area contributed by atoms with Gasteiger partial charge in [0.2, 0.25) is 0 Å². The lowest BCUT2D eigenvalue weighted by molar-refractivity contribution is 0.102. The quantitative estimate of drug-likeness (QED) is 0.394. The van der Waals surface area contributed by atoms with Gasteiger partial charge in [0.05, 0.1) is 27.4 Å². The number of aromatic amines is 1. The number of H-pyrrole nitrogens is 1. The Labute approximate surface area is 206 Å². The summed E-state index contributed by atoms with van der Waals surface area (Å²) >= 11 is 12.3. The van der Waals surface area contributed by atoms with Crippen LogP contribution in [0.1, 0.15) is 22.5 Å². The monoisotopic (exact) mass is 499 g/mol. The number of fused-ring (bicyclic) bond motifs is 1. The van der Waals surface area contributed by atoms with Crippen molar-refractivity contribution < 1.29 is 9.53 Å². The van der Waals surface area contributed by atoms with Gasteiger partial charge in [-0.1, -0.05) is 23.2 Å². The van der Waals surface area contributed by atoms with Crippen molar-refractivity contribution >= 4 is 45.7 Å². The van der Waals surface area contributed by atoms with Crippen LogP contribution in [0.5, 0.6) is 5.75 Å². The van der Waals surface area contributed by atoms with Gasteiger partial charge in [0.1, 0.15) is 12.4 Å². The van der Waals surface area contributed by atoms with Crippen LogP contribution in [0.4, 0.5) is 5.69 Å². The van der Waals surface area contributed by atoms with Crippen LogP contribution in [0.3, 0.4) is 0 Å². The smallest absolute Gasteiger partial charge is 0.276 e. The zero-order valence-electron chi connectivity index (χ0n) is 18.5. The molecule has 9 nitrogen and oxygen atoms in total. The number of likely N-dealkylation sites (tertiary alicyclic amines) is 1.